The SMILES string of the molecule is Cc1c(C(=O)Nc2ccnc(C(F)(F)F)c2)cncc1-c1cccc2ncccc12. The van der Waals surface area contributed by atoms with Crippen molar-refractivity contribution in [1.82, 2.24) is 15.0 Å². The molecular formula is C22H15F3N4O. The molecule has 0 unspecified atom stereocenters. The summed E-state index contributed by atoms with van der Waals surface area (Å²) in [6.45, 7) is 1.77. The molecule has 30 heavy (non-hydrogen) atoms. The summed E-state index contributed by atoms with van der Waals surface area (Å²) in [6, 6.07) is 11.5. The summed E-state index contributed by atoms with van der Waals surface area (Å²) in [7, 11) is 0. The molecule has 0 aliphatic carbocycles. The molecule has 1 amide bonds. The van der Waals surface area contributed by atoms with Gasteiger partial charge in [-0.05, 0) is 42.3 Å². The number of rotatable bonds is 3. The zero-order valence-electron chi connectivity index (χ0n) is 15.7. The minimum atomic E-state index is -4.60. The van der Waals surface area contributed by atoms with Gasteiger partial charge < -0.3 is 5.32 Å². The van der Waals surface area contributed by atoms with Gasteiger partial charge in [-0.3, -0.25) is 19.7 Å². The van der Waals surface area contributed by atoms with Crippen LogP contribution in [-0.2, 0) is 6.18 Å². The fourth-order valence-electron chi connectivity index (χ4n) is 3.23. The lowest BCUT2D eigenvalue weighted by atomic mass is 9.96. The number of aromatic nitrogens is 3. The lowest BCUT2D eigenvalue weighted by Gasteiger charge is -2.13. The van der Waals surface area contributed by atoms with E-state index in [4.69, 9.17) is 0 Å². The number of pyridine rings is 3. The van der Waals surface area contributed by atoms with Crippen LogP contribution in [-0.4, -0.2) is 20.9 Å². The third-order valence-electron chi connectivity index (χ3n) is 4.70. The second kappa shape index (κ2) is 7.55. The number of nitrogens with zero attached hydrogens (tertiary/aromatic N) is 3. The molecule has 0 radical (unpaired) electrons. The number of amides is 1. The van der Waals surface area contributed by atoms with Crippen LogP contribution >= 0.6 is 0 Å². The summed E-state index contributed by atoms with van der Waals surface area (Å²) in [5, 5.41) is 3.40. The molecule has 1 N–H and O–H groups in total. The smallest absolute Gasteiger partial charge is 0.322 e. The molecule has 3 heterocycles. The quantitative estimate of drug-likeness (QED) is 0.501. The third-order valence-corrected chi connectivity index (χ3v) is 4.70. The van der Waals surface area contributed by atoms with E-state index < -0.39 is 17.8 Å². The summed E-state index contributed by atoms with van der Waals surface area (Å²) < 4.78 is 38.6. The van der Waals surface area contributed by atoms with Crippen molar-refractivity contribution in [3.63, 3.8) is 0 Å². The highest BCUT2D eigenvalue weighted by Gasteiger charge is 2.32. The standard InChI is InChI=1S/C22H15F3N4O/c1-13-17(15-4-2-6-19-16(15)5-3-8-27-19)11-26-12-18(13)21(30)29-14-7-9-28-20(10-14)22(23,24)25/h2-12H,1H3,(H,28,29,30). The molecule has 3 aromatic heterocycles. The number of fused-ring (bicyclic) bond motifs is 1. The highest BCUT2D eigenvalue weighted by atomic mass is 19.4. The number of benzene rings is 1. The van der Waals surface area contributed by atoms with E-state index in [1.807, 2.05) is 30.3 Å². The lowest BCUT2D eigenvalue weighted by molar-refractivity contribution is -0.141. The number of hydrogen-bond donors (Lipinski definition) is 1. The van der Waals surface area contributed by atoms with Gasteiger partial charge in [0.05, 0.1) is 11.1 Å². The Morgan fingerprint density at radius 1 is 0.967 bits per heavy atom. The molecule has 4 aromatic rings. The van der Waals surface area contributed by atoms with Crippen molar-refractivity contribution in [3.8, 4) is 11.1 Å². The van der Waals surface area contributed by atoms with Crippen molar-refractivity contribution in [2.75, 3.05) is 5.32 Å². The van der Waals surface area contributed by atoms with E-state index in [1.54, 1.807) is 19.3 Å². The van der Waals surface area contributed by atoms with Gasteiger partial charge in [-0.15, -0.1) is 0 Å². The van der Waals surface area contributed by atoms with Gasteiger partial charge in [0.25, 0.3) is 5.91 Å². The van der Waals surface area contributed by atoms with Crippen molar-refractivity contribution in [3.05, 3.63) is 84.1 Å². The Morgan fingerprint density at radius 2 is 1.80 bits per heavy atom. The molecule has 0 aliphatic heterocycles. The summed E-state index contributed by atoms with van der Waals surface area (Å²) in [5.74, 6) is -0.556. The van der Waals surface area contributed by atoms with Gasteiger partial charge in [-0.25, -0.2) is 0 Å². The topological polar surface area (TPSA) is 67.8 Å². The number of nitrogens with one attached hydrogen (secondary N) is 1. The second-order valence-corrected chi connectivity index (χ2v) is 6.62. The summed E-state index contributed by atoms with van der Waals surface area (Å²) in [5.41, 5.74) is 2.26. The first-order valence-electron chi connectivity index (χ1n) is 8.98. The normalized spacial score (nSPS) is 11.5. The highest BCUT2D eigenvalue weighted by Crippen LogP contribution is 2.32. The number of anilines is 1. The van der Waals surface area contributed by atoms with Crippen LogP contribution in [0.15, 0.2) is 67.3 Å². The summed E-state index contributed by atoms with van der Waals surface area (Å²) in [6.07, 6.45) is 1.15. The lowest BCUT2D eigenvalue weighted by Crippen LogP contribution is -2.15. The van der Waals surface area contributed by atoms with E-state index in [0.717, 1.165) is 34.3 Å². The van der Waals surface area contributed by atoms with Gasteiger partial charge in [0.2, 0.25) is 0 Å². The zero-order chi connectivity index (χ0) is 21.3. The van der Waals surface area contributed by atoms with Crippen molar-refractivity contribution >= 4 is 22.5 Å². The monoisotopic (exact) mass is 408 g/mol. The average molecular weight is 408 g/mol. The average Bonchev–Trinajstić information content (AvgIpc) is 2.73. The molecule has 0 spiro atoms. The minimum Gasteiger partial charge on any atom is -0.322 e. The van der Waals surface area contributed by atoms with Crippen LogP contribution in [0.4, 0.5) is 18.9 Å². The molecule has 1 aromatic carbocycles. The first-order chi connectivity index (χ1) is 14.3. The maximum Gasteiger partial charge on any atom is 0.433 e. The van der Waals surface area contributed by atoms with Crippen LogP contribution in [0.5, 0.6) is 0 Å². The molecule has 5 nitrogen and oxygen atoms in total. The minimum absolute atomic E-state index is 0.00138. The maximum absolute atomic E-state index is 12.9. The fraction of sp³-hybridized carbons (Fsp3) is 0.0909. The molecule has 0 saturated carbocycles. The Labute approximate surface area is 169 Å². The molecule has 4 rings (SSSR count). The summed E-state index contributed by atoms with van der Waals surface area (Å²) in [4.78, 5) is 24.6. The number of alkyl halides is 3. The fourth-order valence-corrected chi connectivity index (χ4v) is 3.23. The number of carbonyl (C=O) groups is 1. The van der Waals surface area contributed by atoms with E-state index in [0.29, 0.717) is 5.56 Å². The van der Waals surface area contributed by atoms with E-state index in [1.165, 1.54) is 12.3 Å². The van der Waals surface area contributed by atoms with Crippen molar-refractivity contribution in [1.29, 1.82) is 0 Å². The first-order valence-corrected chi connectivity index (χ1v) is 8.98. The largest absolute Gasteiger partial charge is 0.433 e. The predicted molar refractivity (Wildman–Crippen MR) is 107 cm³/mol. The van der Waals surface area contributed by atoms with E-state index >= 15 is 0 Å². The Hall–Kier alpha value is -3.81. The van der Waals surface area contributed by atoms with Crippen LogP contribution in [0.3, 0.4) is 0 Å². The molecule has 0 atom stereocenters. The maximum atomic E-state index is 12.9. The molecule has 0 saturated heterocycles. The van der Waals surface area contributed by atoms with Crippen molar-refractivity contribution < 1.29 is 18.0 Å². The first kappa shape index (κ1) is 19.5. The van der Waals surface area contributed by atoms with Crippen LogP contribution in [0.25, 0.3) is 22.0 Å². The van der Waals surface area contributed by atoms with Crippen LogP contribution in [0.2, 0.25) is 0 Å². The molecule has 150 valence electrons. The van der Waals surface area contributed by atoms with Gasteiger partial charge in [-0.2, -0.15) is 13.2 Å². The summed E-state index contributed by atoms with van der Waals surface area (Å²) >= 11 is 0. The Balaban J connectivity index is 1.71. The molecular weight excluding hydrogens is 393 g/mol. The van der Waals surface area contributed by atoms with Gasteiger partial charge in [0.1, 0.15) is 5.69 Å². The Kier molecular flexibility index (Phi) is 4.91. The second-order valence-electron chi connectivity index (χ2n) is 6.62. The van der Waals surface area contributed by atoms with E-state index in [2.05, 4.69) is 20.3 Å². The predicted octanol–water partition coefficient (Wildman–Crippen LogP) is 5.27. The van der Waals surface area contributed by atoms with Crippen LogP contribution < -0.4 is 5.32 Å². The van der Waals surface area contributed by atoms with Gasteiger partial charge in [0, 0.05) is 41.4 Å². The van der Waals surface area contributed by atoms with E-state index in [9.17, 15) is 18.0 Å². The van der Waals surface area contributed by atoms with Crippen LogP contribution in [0.1, 0.15) is 21.6 Å². The van der Waals surface area contributed by atoms with Gasteiger partial charge in [0.15, 0.2) is 0 Å². The highest BCUT2D eigenvalue weighted by molar-refractivity contribution is 6.07. The molecule has 0 aliphatic rings. The molecule has 0 bridgehead atoms. The zero-order valence-corrected chi connectivity index (χ0v) is 15.7. The molecule has 8 heteroatoms. The van der Waals surface area contributed by atoms with Crippen molar-refractivity contribution in [2.45, 2.75) is 13.1 Å². The number of halogens is 3. The number of hydrogen-bond acceptors (Lipinski definition) is 4. The van der Waals surface area contributed by atoms with Gasteiger partial charge >= 0.3 is 6.18 Å². The molecule has 0 fully saturated rings. The van der Waals surface area contributed by atoms with E-state index in [-0.39, 0.29) is 11.3 Å². The Bertz CT molecular complexity index is 1250. The van der Waals surface area contributed by atoms with Crippen LogP contribution in [0, 0.1) is 6.92 Å². The Morgan fingerprint density at radius 3 is 2.60 bits per heavy atom. The number of carbonyl (C=O) groups excluding carboxylic acids is 1. The van der Waals surface area contributed by atoms with Gasteiger partial charge in [-0.1, -0.05) is 18.2 Å². The third kappa shape index (κ3) is 3.71. The van der Waals surface area contributed by atoms with Crippen molar-refractivity contribution in [2.24, 2.45) is 0 Å².